The van der Waals surface area contributed by atoms with Crippen LogP contribution >= 0.6 is 0 Å². The third-order valence-electron chi connectivity index (χ3n) is 4.92. The Balaban J connectivity index is 1.68. The highest BCUT2D eigenvalue weighted by atomic mass is 16.5. The van der Waals surface area contributed by atoms with E-state index in [1.807, 2.05) is 36.1 Å². The Morgan fingerprint density at radius 1 is 1.34 bits per heavy atom. The first-order valence-corrected chi connectivity index (χ1v) is 9.79. The molecular formula is C21H27N5O3. The van der Waals surface area contributed by atoms with Gasteiger partial charge in [-0.25, -0.2) is 9.97 Å². The third-order valence-corrected chi connectivity index (χ3v) is 4.92. The van der Waals surface area contributed by atoms with Crippen LogP contribution in [0.25, 0.3) is 0 Å². The monoisotopic (exact) mass is 397 g/mol. The van der Waals surface area contributed by atoms with E-state index in [0.29, 0.717) is 32.8 Å². The lowest BCUT2D eigenvalue weighted by molar-refractivity contribution is -0.138. The Labute approximate surface area is 170 Å². The summed E-state index contributed by atoms with van der Waals surface area (Å²) in [7, 11) is 1.72. The second-order valence-corrected chi connectivity index (χ2v) is 6.97. The first-order valence-electron chi connectivity index (χ1n) is 9.79. The molecule has 29 heavy (non-hydrogen) atoms. The van der Waals surface area contributed by atoms with Crippen molar-refractivity contribution in [3.8, 4) is 5.75 Å². The molecule has 3 rings (SSSR count). The Morgan fingerprint density at radius 2 is 2.17 bits per heavy atom. The molecule has 1 aromatic heterocycles. The van der Waals surface area contributed by atoms with Crippen LogP contribution in [0.1, 0.15) is 24.6 Å². The smallest absolute Gasteiger partial charge is 0.237 e. The second kappa shape index (κ2) is 9.97. The molecule has 0 saturated carbocycles. The number of hydrogen-bond donors (Lipinski definition) is 1. The predicted octanol–water partition coefficient (Wildman–Crippen LogP) is 1.22. The van der Waals surface area contributed by atoms with E-state index in [4.69, 9.17) is 4.74 Å². The molecule has 1 atom stereocenters. The minimum Gasteiger partial charge on any atom is -0.494 e. The van der Waals surface area contributed by atoms with Crippen LogP contribution in [0.15, 0.2) is 42.9 Å². The molecule has 0 radical (unpaired) electrons. The zero-order valence-corrected chi connectivity index (χ0v) is 16.9. The Bertz CT molecular complexity index is 830. The van der Waals surface area contributed by atoms with Gasteiger partial charge in [-0.15, -0.1) is 0 Å². The summed E-state index contributed by atoms with van der Waals surface area (Å²) < 4.78 is 5.71. The number of carbonyl (C=O) groups excluding carboxylic acids is 2. The lowest BCUT2D eigenvalue weighted by atomic mass is 10.1. The fourth-order valence-electron chi connectivity index (χ4n) is 3.39. The maximum absolute atomic E-state index is 12.8. The molecule has 1 aliphatic heterocycles. The van der Waals surface area contributed by atoms with Gasteiger partial charge in [0.2, 0.25) is 11.8 Å². The Hall–Kier alpha value is -3.00. The van der Waals surface area contributed by atoms with Gasteiger partial charge in [-0.3, -0.25) is 14.5 Å². The fourth-order valence-corrected chi connectivity index (χ4v) is 3.39. The molecule has 1 N–H and O–H groups in total. The summed E-state index contributed by atoms with van der Waals surface area (Å²) in [5.74, 6) is 0.592. The van der Waals surface area contributed by atoms with Crippen LogP contribution in [-0.2, 0) is 22.7 Å². The van der Waals surface area contributed by atoms with Gasteiger partial charge in [0.1, 0.15) is 12.1 Å². The van der Waals surface area contributed by atoms with Crippen molar-refractivity contribution in [1.82, 2.24) is 25.1 Å². The molecule has 0 aliphatic carbocycles. The minimum atomic E-state index is -0.515. The normalized spacial score (nSPS) is 16.9. The zero-order valence-electron chi connectivity index (χ0n) is 16.9. The molecule has 8 nitrogen and oxygen atoms in total. The van der Waals surface area contributed by atoms with Gasteiger partial charge in [-0.2, -0.15) is 0 Å². The van der Waals surface area contributed by atoms with Crippen molar-refractivity contribution in [1.29, 1.82) is 0 Å². The van der Waals surface area contributed by atoms with Crippen LogP contribution in [0.5, 0.6) is 5.75 Å². The number of nitrogens with one attached hydrogen (secondary N) is 1. The highest BCUT2D eigenvalue weighted by molar-refractivity contribution is 5.88. The van der Waals surface area contributed by atoms with Gasteiger partial charge in [-0.05, 0) is 19.1 Å². The number of para-hydroxylation sites is 1. The molecule has 0 unspecified atom stereocenters. The maximum atomic E-state index is 12.8. The number of rotatable bonds is 8. The Morgan fingerprint density at radius 3 is 2.93 bits per heavy atom. The number of amides is 2. The van der Waals surface area contributed by atoms with Crippen LogP contribution in [0, 0.1) is 0 Å². The van der Waals surface area contributed by atoms with Crippen molar-refractivity contribution >= 4 is 11.8 Å². The van der Waals surface area contributed by atoms with Gasteiger partial charge in [0.15, 0.2) is 0 Å². The van der Waals surface area contributed by atoms with Crippen molar-refractivity contribution in [2.75, 3.05) is 26.7 Å². The van der Waals surface area contributed by atoms with Crippen molar-refractivity contribution in [2.24, 2.45) is 0 Å². The molecule has 154 valence electrons. The lowest BCUT2D eigenvalue weighted by Crippen LogP contribution is -2.56. The van der Waals surface area contributed by atoms with E-state index in [-0.39, 0.29) is 18.2 Å². The second-order valence-electron chi connectivity index (χ2n) is 6.97. The van der Waals surface area contributed by atoms with Gasteiger partial charge >= 0.3 is 0 Å². The summed E-state index contributed by atoms with van der Waals surface area (Å²) in [6.45, 7) is 4.70. The number of ether oxygens (including phenoxy) is 1. The van der Waals surface area contributed by atoms with E-state index in [2.05, 4.69) is 15.3 Å². The van der Waals surface area contributed by atoms with Crippen molar-refractivity contribution < 1.29 is 14.3 Å². The highest BCUT2D eigenvalue weighted by Gasteiger charge is 2.32. The van der Waals surface area contributed by atoms with Gasteiger partial charge in [0.25, 0.3) is 0 Å². The summed E-state index contributed by atoms with van der Waals surface area (Å²) in [6.07, 6.45) is 3.22. The topological polar surface area (TPSA) is 87.7 Å². The molecule has 1 fully saturated rings. The molecule has 8 heteroatoms. The van der Waals surface area contributed by atoms with Crippen LogP contribution < -0.4 is 10.1 Å². The SMILES string of the molecule is CCOc1ccccc1CN1CCNC(=O)[C@H]1CC(=O)N(C)Cc1ccncn1. The van der Waals surface area contributed by atoms with Gasteiger partial charge in [0.05, 0.1) is 31.3 Å². The van der Waals surface area contributed by atoms with Crippen LogP contribution in [0.3, 0.4) is 0 Å². The van der Waals surface area contributed by atoms with E-state index in [9.17, 15) is 9.59 Å². The number of hydrogen-bond acceptors (Lipinski definition) is 6. The van der Waals surface area contributed by atoms with Gasteiger partial charge in [0, 0.05) is 38.4 Å². The average Bonchev–Trinajstić information content (AvgIpc) is 2.72. The molecule has 2 amide bonds. The Kier molecular flexibility index (Phi) is 7.13. The third kappa shape index (κ3) is 5.51. The zero-order chi connectivity index (χ0) is 20.6. The molecule has 2 aromatic rings. The molecular weight excluding hydrogens is 370 g/mol. The summed E-state index contributed by atoms with van der Waals surface area (Å²) in [6, 6.07) is 9.07. The summed E-state index contributed by atoms with van der Waals surface area (Å²) in [4.78, 5) is 37.0. The van der Waals surface area contributed by atoms with E-state index >= 15 is 0 Å². The number of nitrogens with zero attached hydrogens (tertiary/aromatic N) is 4. The van der Waals surface area contributed by atoms with E-state index in [1.165, 1.54) is 6.33 Å². The first-order chi connectivity index (χ1) is 14.1. The highest BCUT2D eigenvalue weighted by Crippen LogP contribution is 2.22. The lowest BCUT2D eigenvalue weighted by Gasteiger charge is -2.35. The number of aromatic nitrogens is 2. The minimum absolute atomic E-state index is 0.103. The number of piperazine rings is 1. The average molecular weight is 397 g/mol. The van der Waals surface area contributed by atoms with E-state index < -0.39 is 6.04 Å². The van der Waals surface area contributed by atoms with Gasteiger partial charge < -0.3 is 15.0 Å². The van der Waals surface area contributed by atoms with E-state index in [1.54, 1.807) is 24.2 Å². The number of benzene rings is 1. The van der Waals surface area contributed by atoms with Crippen molar-refractivity contribution in [3.63, 3.8) is 0 Å². The van der Waals surface area contributed by atoms with Gasteiger partial charge in [-0.1, -0.05) is 18.2 Å². The molecule has 1 aliphatic rings. The summed E-state index contributed by atoms with van der Waals surface area (Å²) in [5.41, 5.74) is 1.77. The molecule has 1 saturated heterocycles. The fraction of sp³-hybridized carbons (Fsp3) is 0.429. The maximum Gasteiger partial charge on any atom is 0.237 e. The first kappa shape index (κ1) is 20.7. The molecule has 0 spiro atoms. The standard InChI is InChI=1S/C21H27N5O3/c1-3-29-19-7-5-4-6-16(19)13-26-11-10-23-21(28)18(26)12-20(27)25(2)14-17-8-9-22-15-24-17/h4-9,15,18H,3,10-14H2,1-2H3,(H,23,28)/t18-/m1/s1. The largest absolute Gasteiger partial charge is 0.494 e. The predicted molar refractivity (Wildman–Crippen MR) is 108 cm³/mol. The van der Waals surface area contributed by atoms with Crippen LogP contribution in [0.2, 0.25) is 0 Å². The molecule has 1 aromatic carbocycles. The summed E-state index contributed by atoms with van der Waals surface area (Å²) in [5, 5.41) is 2.88. The number of carbonyl (C=O) groups is 2. The van der Waals surface area contributed by atoms with Crippen molar-refractivity contribution in [3.05, 3.63) is 54.1 Å². The summed E-state index contributed by atoms with van der Waals surface area (Å²) >= 11 is 0. The molecule has 0 bridgehead atoms. The van der Waals surface area contributed by atoms with Crippen LogP contribution in [0.4, 0.5) is 0 Å². The van der Waals surface area contributed by atoms with E-state index in [0.717, 1.165) is 17.0 Å². The van der Waals surface area contributed by atoms with Crippen molar-refractivity contribution in [2.45, 2.75) is 32.5 Å². The quantitative estimate of drug-likeness (QED) is 0.721. The van der Waals surface area contributed by atoms with Crippen LogP contribution in [-0.4, -0.2) is 64.4 Å². The molecule has 2 heterocycles.